The Kier molecular flexibility index (Phi) is 17.3. The Labute approximate surface area is 323 Å². The van der Waals surface area contributed by atoms with Gasteiger partial charge < -0.3 is 29.8 Å². The second-order valence-corrected chi connectivity index (χ2v) is 14.0. The van der Waals surface area contributed by atoms with Crippen molar-refractivity contribution in [3.05, 3.63) is 121 Å². The summed E-state index contributed by atoms with van der Waals surface area (Å²) < 4.78 is 5.50. The van der Waals surface area contributed by atoms with Crippen molar-refractivity contribution >= 4 is 52.0 Å². The molecule has 3 aromatic rings. The highest BCUT2D eigenvalue weighted by Gasteiger charge is 2.34. The molecule has 2 saturated heterocycles. The van der Waals surface area contributed by atoms with E-state index in [1.54, 1.807) is 29.3 Å². The number of hydrogen-bond acceptors (Lipinski definition) is 10. The highest BCUT2D eigenvalue weighted by Crippen LogP contribution is 2.32. The predicted molar refractivity (Wildman–Crippen MR) is 219 cm³/mol. The van der Waals surface area contributed by atoms with Crippen LogP contribution in [0.2, 0.25) is 0 Å². The number of aldehydes is 1. The van der Waals surface area contributed by atoms with Gasteiger partial charge in [0.1, 0.15) is 12.3 Å². The number of benzene rings is 2. The second kappa shape index (κ2) is 22.4. The molecule has 2 aromatic carbocycles. The number of nitrogens with zero attached hydrogens (tertiary/aromatic N) is 5. The first-order valence-electron chi connectivity index (χ1n) is 18.2. The van der Waals surface area contributed by atoms with Crippen LogP contribution in [0.1, 0.15) is 42.7 Å². The molecule has 2 aliphatic rings. The van der Waals surface area contributed by atoms with E-state index in [9.17, 15) is 14.4 Å². The maximum absolute atomic E-state index is 13.4. The van der Waals surface area contributed by atoms with Crippen LogP contribution in [0, 0.1) is 0 Å². The van der Waals surface area contributed by atoms with Gasteiger partial charge in [0.05, 0.1) is 41.3 Å². The van der Waals surface area contributed by atoms with Gasteiger partial charge in [-0.2, -0.15) is 0 Å². The summed E-state index contributed by atoms with van der Waals surface area (Å²) in [6.07, 6.45) is 11.5. The summed E-state index contributed by atoms with van der Waals surface area (Å²) in [4.78, 5) is 54.6. The predicted octanol–water partition coefficient (Wildman–Crippen LogP) is 6.37. The van der Waals surface area contributed by atoms with Gasteiger partial charge in [0.25, 0.3) is 0 Å². The number of thioether (sulfide) groups is 1. The zero-order valence-corrected chi connectivity index (χ0v) is 32.3. The smallest absolute Gasteiger partial charge is 0.247 e. The summed E-state index contributed by atoms with van der Waals surface area (Å²) >= 11 is 1.41. The molecule has 2 fully saturated rings. The summed E-state index contributed by atoms with van der Waals surface area (Å²) in [6, 6.07) is 20.8. The number of anilines is 2. The quantitative estimate of drug-likeness (QED) is 0.0788. The van der Waals surface area contributed by atoms with Crippen LogP contribution in [0.15, 0.2) is 114 Å². The van der Waals surface area contributed by atoms with Gasteiger partial charge >= 0.3 is 0 Å². The maximum Gasteiger partial charge on any atom is 0.247 e. The van der Waals surface area contributed by atoms with Crippen molar-refractivity contribution in [3.63, 3.8) is 0 Å². The van der Waals surface area contributed by atoms with Crippen LogP contribution in [-0.4, -0.2) is 103 Å². The molecule has 5 rings (SSSR count). The standard InChI is InChI=1S/C41H48N6O4S.CH4O/c1-4-9-31(10-5-2)27-40(49)47-22-8-12-37(47)41(50)44-34-15-13-32(14-16-34)38(30-48)52-39(29-45(3)28-35-11-6-7-21-42-35)43-33-17-19-36(20-18-33)46-23-25-51-26-24-46;1-2/h4-7,9-11,13-21,30,37-38H,1,8,12,22-29H2,2-3H3,(H,44,50);2H,1H3/b10-5-,31-9+,43-39?;/t37-,38?;/m0./s1. The Morgan fingerprint density at radius 1 is 1.09 bits per heavy atom. The Balaban J connectivity index is 0.00000319. The van der Waals surface area contributed by atoms with E-state index in [1.807, 2.05) is 74.7 Å². The molecule has 286 valence electrons. The number of carbonyl (C=O) groups is 3. The molecular formula is C42H52N6O5S. The van der Waals surface area contributed by atoms with Gasteiger partial charge in [0, 0.05) is 57.4 Å². The molecule has 0 aliphatic carbocycles. The average molecular weight is 753 g/mol. The van der Waals surface area contributed by atoms with Crippen molar-refractivity contribution in [1.82, 2.24) is 14.8 Å². The zero-order valence-electron chi connectivity index (χ0n) is 31.5. The molecule has 2 atom stereocenters. The van der Waals surface area contributed by atoms with Crippen LogP contribution < -0.4 is 10.2 Å². The molecule has 1 unspecified atom stereocenters. The van der Waals surface area contributed by atoms with E-state index in [0.717, 1.165) is 79.4 Å². The number of pyridine rings is 1. The lowest BCUT2D eigenvalue weighted by atomic mass is 10.1. The Morgan fingerprint density at radius 2 is 1.83 bits per heavy atom. The number of allylic oxidation sites excluding steroid dienone is 4. The van der Waals surface area contributed by atoms with Crippen molar-refractivity contribution in [2.75, 3.05) is 63.8 Å². The first-order chi connectivity index (χ1) is 26.4. The third kappa shape index (κ3) is 12.6. The van der Waals surface area contributed by atoms with Gasteiger partial charge in [-0.1, -0.05) is 60.8 Å². The van der Waals surface area contributed by atoms with Crippen LogP contribution in [-0.2, 0) is 25.7 Å². The number of aliphatic hydroxyl groups is 1. The van der Waals surface area contributed by atoms with E-state index in [4.69, 9.17) is 14.8 Å². The molecule has 11 nitrogen and oxygen atoms in total. The van der Waals surface area contributed by atoms with Gasteiger partial charge in [-0.15, -0.1) is 0 Å². The fourth-order valence-corrected chi connectivity index (χ4v) is 7.41. The summed E-state index contributed by atoms with van der Waals surface area (Å²) in [5.41, 5.74) is 5.14. The number of nitrogens with one attached hydrogen (secondary N) is 1. The molecule has 0 spiro atoms. The number of aliphatic hydroxyl groups excluding tert-OH is 1. The molecule has 54 heavy (non-hydrogen) atoms. The molecule has 3 heterocycles. The van der Waals surface area contributed by atoms with E-state index in [-0.39, 0.29) is 18.2 Å². The van der Waals surface area contributed by atoms with Gasteiger partial charge in [0.15, 0.2) is 0 Å². The number of aromatic nitrogens is 1. The monoisotopic (exact) mass is 752 g/mol. The van der Waals surface area contributed by atoms with E-state index in [2.05, 4.69) is 38.8 Å². The lowest BCUT2D eigenvalue weighted by Crippen LogP contribution is -2.43. The highest BCUT2D eigenvalue weighted by atomic mass is 32.2. The number of morpholine rings is 1. The molecular weight excluding hydrogens is 701 g/mol. The maximum atomic E-state index is 13.4. The summed E-state index contributed by atoms with van der Waals surface area (Å²) in [7, 11) is 3.01. The van der Waals surface area contributed by atoms with E-state index < -0.39 is 11.3 Å². The Morgan fingerprint density at radius 3 is 2.48 bits per heavy atom. The third-order valence-electron chi connectivity index (χ3n) is 8.88. The number of likely N-dealkylation sites (tertiary alicyclic amines) is 1. The average Bonchev–Trinajstić information content (AvgIpc) is 3.70. The molecule has 2 aliphatic heterocycles. The first kappa shape index (κ1) is 41.9. The van der Waals surface area contributed by atoms with Crippen molar-refractivity contribution in [1.29, 1.82) is 0 Å². The normalized spacial score (nSPS) is 16.9. The summed E-state index contributed by atoms with van der Waals surface area (Å²) in [5, 5.41) is 10.3. The number of carbonyl (C=O) groups excluding carboxylic acids is 3. The van der Waals surface area contributed by atoms with E-state index in [1.165, 1.54) is 11.8 Å². The molecule has 2 N–H and O–H groups in total. The van der Waals surface area contributed by atoms with Crippen molar-refractivity contribution in [2.45, 2.75) is 44.0 Å². The Hall–Kier alpha value is -4.88. The minimum absolute atomic E-state index is 0.0822. The largest absolute Gasteiger partial charge is 0.400 e. The van der Waals surface area contributed by atoms with Crippen LogP contribution in [0.3, 0.4) is 0 Å². The van der Waals surface area contributed by atoms with Crippen molar-refractivity contribution < 1.29 is 24.2 Å². The fourth-order valence-electron chi connectivity index (χ4n) is 6.31. The number of amides is 2. The van der Waals surface area contributed by atoms with Gasteiger partial charge in [-0.3, -0.25) is 19.5 Å². The van der Waals surface area contributed by atoms with Crippen LogP contribution in [0.5, 0.6) is 0 Å². The highest BCUT2D eigenvalue weighted by molar-refractivity contribution is 8.14. The molecule has 0 bridgehead atoms. The molecule has 1 aromatic heterocycles. The molecule has 12 heteroatoms. The minimum atomic E-state index is -0.536. The topological polar surface area (TPSA) is 128 Å². The van der Waals surface area contributed by atoms with Crippen molar-refractivity contribution in [3.8, 4) is 0 Å². The number of hydrogen-bond donors (Lipinski definition) is 2. The summed E-state index contributed by atoms with van der Waals surface area (Å²) in [5.74, 6) is -0.300. The van der Waals surface area contributed by atoms with Gasteiger partial charge in [-0.05, 0) is 86.5 Å². The molecule has 0 radical (unpaired) electrons. The molecule has 2 amide bonds. The van der Waals surface area contributed by atoms with Crippen LogP contribution in [0.4, 0.5) is 17.1 Å². The SMILES string of the molecule is C=C/C=C(\C=C/C)CC(=O)N1CCC[C@H]1C(=O)Nc1ccc(C(C=O)SC(CN(C)Cc2ccccn2)=Nc2ccc(N3CCOCC3)cc2)cc1.CO. The number of rotatable bonds is 15. The van der Waals surface area contributed by atoms with E-state index >= 15 is 0 Å². The number of aliphatic imine (C=N–C) groups is 1. The summed E-state index contributed by atoms with van der Waals surface area (Å²) in [6.45, 7) is 10.5. The van der Waals surface area contributed by atoms with E-state index in [0.29, 0.717) is 31.7 Å². The van der Waals surface area contributed by atoms with Crippen molar-refractivity contribution in [2.24, 2.45) is 4.99 Å². The Bertz CT molecular complexity index is 1740. The lowest BCUT2D eigenvalue weighted by molar-refractivity contribution is -0.136. The molecule has 0 saturated carbocycles. The van der Waals surface area contributed by atoms with Gasteiger partial charge in [-0.25, -0.2) is 4.99 Å². The number of ether oxygens (including phenoxy) is 1. The van der Waals surface area contributed by atoms with Crippen LogP contribution in [0.25, 0.3) is 0 Å². The fraction of sp³-hybridized carbons (Fsp3) is 0.357. The minimum Gasteiger partial charge on any atom is -0.400 e. The van der Waals surface area contributed by atoms with Gasteiger partial charge in [0.2, 0.25) is 11.8 Å². The first-order valence-corrected chi connectivity index (χ1v) is 19.0. The zero-order chi connectivity index (χ0) is 38.7. The second-order valence-electron chi connectivity index (χ2n) is 12.8. The van der Waals surface area contributed by atoms with Crippen LogP contribution >= 0.6 is 11.8 Å². The third-order valence-corrected chi connectivity index (χ3v) is 10.0. The lowest BCUT2D eigenvalue weighted by Gasteiger charge is -2.28.